The van der Waals surface area contributed by atoms with Crippen molar-refractivity contribution in [2.75, 3.05) is 57.9 Å². The maximum Gasteiger partial charge on any atom is 0.262 e. The first-order valence-electron chi connectivity index (χ1n) is 13.6. The second-order valence-electron chi connectivity index (χ2n) is 10.00. The molecule has 1 amide bonds. The Morgan fingerprint density at radius 2 is 1.88 bits per heavy atom. The van der Waals surface area contributed by atoms with Crippen LogP contribution in [0.25, 0.3) is 28.2 Å². The largest absolute Gasteiger partial charge is 0.457 e. The number of rotatable bonds is 9. The SMILES string of the molecule is N#C/C(=C\c1ccc(-c2ccc3cc(NCCN4CCOCC4)ccc3c2)o1)C(=O)NC[C@H]1OCC[C@@H](O)[C@@H]1O. The van der Waals surface area contributed by atoms with Crippen LogP contribution in [0.4, 0.5) is 5.69 Å². The molecule has 3 atom stereocenters. The summed E-state index contributed by atoms with van der Waals surface area (Å²) in [7, 11) is 0. The van der Waals surface area contributed by atoms with Gasteiger partial charge in [-0.2, -0.15) is 5.26 Å². The summed E-state index contributed by atoms with van der Waals surface area (Å²) in [6.07, 6.45) is -1.02. The highest BCUT2D eigenvalue weighted by atomic mass is 16.5. The number of nitriles is 1. The smallest absolute Gasteiger partial charge is 0.262 e. The first kappa shape index (κ1) is 27.8. The van der Waals surface area contributed by atoms with E-state index in [0.29, 0.717) is 17.9 Å². The molecule has 10 nitrogen and oxygen atoms in total. The van der Waals surface area contributed by atoms with Gasteiger partial charge in [-0.1, -0.05) is 18.2 Å². The van der Waals surface area contributed by atoms with Crippen molar-refractivity contribution in [2.24, 2.45) is 0 Å². The van der Waals surface area contributed by atoms with Crippen molar-refractivity contribution >= 4 is 28.4 Å². The lowest BCUT2D eigenvalue weighted by Gasteiger charge is -2.31. The third kappa shape index (κ3) is 6.88. The second-order valence-corrected chi connectivity index (χ2v) is 10.00. The number of anilines is 1. The number of carbonyl (C=O) groups excluding carboxylic acids is 1. The van der Waals surface area contributed by atoms with Crippen molar-refractivity contribution in [1.29, 1.82) is 5.26 Å². The van der Waals surface area contributed by atoms with Gasteiger partial charge in [0.25, 0.3) is 5.91 Å². The molecule has 0 spiro atoms. The van der Waals surface area contributed by atoms with Crippen molar-refractivity contribution in [3.63, 3.8) is 0 Å². The number of hydrogen-bond donors (Lipinski definition) is 4. The fourth-order valence-corrected chi connectivity index (χ4v) is 4.89. The van der Waals surface area contributed by atoms with E-state index >= 15 is 0 Å². The van der Waals surface area contributed by atoms with E-state index in [1.807, 2.05) is 24.3 Å². The maximum atomic E-state index is 12.6. The molecule has 10 heteroatoms. The predicted molar refractivity (Wildman–Crippen MR) is 150 cm³/mol. The Labute approximate surface area is 232 Å². The zero-order chi connectivity index (χ0) is 27.9. The van der Waals surface area contributed by atoms with Gasteiger partial charge in [0.15, 0.2) is 0 Å². The number of aliphatic hydroxyl groups excluding tert-OH is 2. The number of morpholine rings is 1. The van der Waals surface area contributed by atoms with Crippen LogP contribution in [-0.2, 0) is 14.3 Å². The average molecular weight is 547 g/mol. The van der Waals surface area contributed by atoms with E-state index in [4.69, 9.17) is 13.9 Å². The predicted octanol–water partition coefficient (Wildman–Crippen LogP) is 2.38. The number of amides is 1. The number of benzene rings is 2. The van der Waals surface area contributed by atoms with Crippen LogP contribution in [0, 0.1) is 11.3 Å². The average Bonchev–Trinajstić information content (AvgIpc) is 3.45. The third-order valence-corrected chi connectivity index (χ3v) is 7.25. The number of furan rings is 1. The fourth-order valence-electron chi connectivity index (χ4n) is 4.89. The summed E-state index contributed by atoms with van der Waals surface area (Å²) in [5.74, 6) is 0.369. The zero-order valence-electron chi connectivity index (χ0n) is 22.2. The van der Waals surface area contributed by atoms with Crippen LogP contribution in [0.2, 0.25) is 0 Å². The summed E-state index contributed by atoms with van der Waals surface area (Å²) < 4.78 is 16.8. The lowest BCUT2D eigenvalue weighted by molar-refractivity contribution is -0.136. The summed E-state index contributed by atoms with van der Waals surface area (Å²) in [5.41, 5.74) is 1.81. The van der Waals surface area contributed by atoms with Gasteiger partial charge in [0.1, 0.15) is 35.4 Å². The minimum Gasteiger partial charge on any atom is -0.457 e. The van der Waals surface area contributed by atoms with Crippen molar-refractivity contribution < 1.29 is 28.9 Å². The van der Waals surface area contributed by atoms with Crippen LogP contribution in [-0.4, -0.2) is 91.9 Å². The summed E-state index contributed by atoms with van der Waals surface area (Å²) in [6, 6.07) is 17.7. The van der Waals surface area contributed by atoms with E-state index in [-0.39, 0.29) is 18.7 Å². The van der Waals surface area contributed by atoms with E-state index in [0.717, 1.165) is 61.4 Å². The minimum atomic E-state index is -1.10. The van der Waals surface area contributed by atoms with Gasteiger partial charge in [-0.15, -0.1) is 0 Å². The number of aliphatic hydroxyl groups is 2. The molecule has 3 heterocycles. The molecule has 0 aliphatic carbocycles. The molecule has 2 aliphatic heterocycles. The molecule has 2 aromatic carbocycles. The molecule has 40 heavy (non-hydrogen) atoms. The van der Waals surface area contributed by atoms with Gasteiger partial charge in [-0.05, 0) is 47.5 Å². The molecule has 0 radical (unpaired) electrons. The van der Waals surface area contributed by atoms with E-state index in [9.17, 15) is 20.3 Å². The Hall–Kier alpha value is -3.72. The third-order valence-electron chi connectivity index (χ3n) is 7.25. The molecule has 2 aliphatic rings. The van der Waals surface area contributed by atoms with Crippen LogP contribution >= 0.6 is 0 Å². The number of hydrogen-bond acceptors (Lipinski definition) is 9. The topological polar surface area (TPSA) is 140 Å². The number of ether oxygens (including phenoxy) is 2. The van der Waals surface area contributed by atoms with Gasteiger partial charge in [-0.3, -0.25) is 9.69 Å². The standard InChI is InChI=1S/C30H34N4O6/c31-18-23(30(37)33-19-28-29(36)26(35)7-12-39-28)17-25-5-6-27(40-25)22-2-1-21-16-24(4-3-20(21)15-22)32-8-9-34-10-13-38-14-11-34/h1-6,15-17,26,28-29,32,35-36H,7-14,19H2,(H,33,37)/b23-17+/t26-,28-,29+/m1/s1. The Kier molecular flexibility index (Phi) is 9.11. The molecule has 2 fully saturated rings. The van der Waals surface area contributed by atoms with Crippen LogP contribution in [0.3, 0.4) is 0 Å². The molecule has 0 saturated carbocycles. The van der Waals surface area contributed by atoms with Gasteiger partial charge in [0.05, 0.1) is 19.3 Å². The van der Waals surface area contributed by atoms with Crippen molar-refractivity contribution in [1.82, 2.24) is 10.2 Å². The van der Waals surface area contributed by atoms with E-state index in [2.05, 4.69) is 33.7 Å². The second kappa shape index (κ2) is 13.1. The summed E-state index contributed by atoms with van der Waals surface area (Å²) in [4.78, 5) is 14.9. The summed E-state index contributed by atoms with van der Waals surface area (Å²) >= 11 is 0. The molecule has 1 aromatic heterocycles. The Balaban J connectivity index is 1.20. The van der Waals surface area contributed by atoms with Gasteiger partial charge < -0.3 is 34.7 Å². The molecule has 3 aromatic rings. The molecular formula is C30H34N4O6. The first-order chi connectivity index (χ1) is 19.5. The minimum absolute atomic E-state index is 0.0261. The van der Waals surface area contributed by atoms with Crippen LogP contribution < -0.4 is 10.6 Å². The van der Waals surface area contributed by atoms with E-state index in [1.54, 1.807) is 12.1 Å². The van der Waals surface area contributed by atoms with Crippen molar-refractivity contribution in [3.05, 3.63) is 59.9 Å². The van der Waals surface area contributed by atoms with Gasteiger partial charge in [0, 0.05) is 56.7 Å². The Morgan fingerprint density at radius 3 is 2.70 bits per heavy atom. The monoisotopic (exact) mass is 546 g/mol. The summed E-state index contributed by atoms with van der Waals surface area (Å²) in [6.45, 7) is 5.67. The Morgan fingerprint density at radius 1 is 1.07 bits per heavy atom. The summed E-state index contributed by atoms with van der Waals surface area (Å²) in [5, 5.41) is 37.6. The van der Waals surface area contributed by atoms with Crippen LogP contribution in [0.5, 0.6) is 0 Å². The molecule has 2 saturated heterocycles. The van der Waals surface area contributed by atoms with Crippen molar-refractivity contribution in [3.8, 4) is 17.4 Å². The quantitative estimate of drug-likeness (QED) is 0.235. The lowest BCUT2D eigenvalue weighted by Crippen LogP contribution is -2.50. The molecule has 5 rings (SSSR count). The van der Waals surface area contributed by atoms with E-state index in [1.165, 1.54) is 6.08 Å². The number of fused-ring (bicyclic) bond motifs is 1. The molecular weight excluding hydrogens is 512 g/mol. The van der Waals surface area contributed by atoms with Crippen LogP contribution in [0.15, 0.2) is 58.5 Å². The van der Waals surface area contributed by atoms with Gasteiger partial charge in [-0.25, -0.2) is 0 Å². The first-order valence-corrected chi connectivity index (χ1v) is 13.6. The molecule has 210 valence electrons. The molecule has 0 bridgehead atoms. The highest BCUT2D eigenvalue weighted by Gasteiger charge is 2.31. The molecule has 4 N–H and O–H groups in total. The van der Waals surface area contributed by atoms with Crippen molar-refractivity contribution in [2.45, 2.75) is 24.7 Å². The normalized spacial score (nSPS) is 22.1. The molecule has 0 unspecified atom stereocenters. The zero-order valence-corrected chi connectivity index (χ0v) is 22.2. The highest BCUT2D eigenvalue weighted by molar-refractivity contribution is 6.01. The number of nitrogens with zero attached hydrogens (tertiary/aromatic N) is 2. The van der Waals surface area contributed by atoms with Gasteiger partial charge >= 0.3 is 0 Å². The van der Waals surface area contributed by atoms with E-state index < -0.39 is 24.2 Å². The Bertz CT molecular complexity index is 1390. The fraction of sp³-hybridized carbons (Fsp3) is 0.400. The lowest BCUT2D eigenvalue weighted by atomic mass is 10.0. The highest BCUT2D eigenvalue weighted by Crippen LogP contribution is 2.28. The van der Waals surface area contributed by atoms with Gasteiger partial charge in [0.2, 0.25) is 0 Å². The number of nitrogens with one attached hydrogen (secondary N) is 2. The van der Waals surface area contributed by atoms with Crippen LogP contribution in [0.1, 0.15) is 12.2 Å². The number of carbonyl (C=O) groups is 1. The maximum absolute atomic E-state index is 12.6.